The van der Waals surface area contributed by atoms with Crippen molar-refractivity contribution in [3.8, 4) is 0 Å². The number of hydrogen-bond acceptors (Lipinski definition) is 3. The van der Waals surface area contributed by atoms with Crippen molar-refractivity contribution < 1.29 is 4.79 Å². The van der Waals surface area contributed by atoms with E-state index in [4.69, 9.17) is 5.73 Å². The van der Waals surface area contributed by atoms with E-state index >= 15 is 0 Å². The Morgan fingerprint density at radius 1 is 1.32 bits per heavy atom. The molecule has 19 heavy (non-hydrogen) atoms. The maximum absolute atomic E-state index is 12.5. The van der Waals surface area contributed by atoms with Crippen molar-refractivity contribution in [3.63, 3.8) is 0 Å². The van der Waals surface area contributed by atoms with Gasteiger partial charge in [-0.05, 0) is 38.8 Å². The predicted molar refractivity (Wildman–Crippen MR) is 77.6 cm³/mol. The van der Waals surface area contributed by atoms with Gasteiger partial charge >= 0.3 is 0 Å². The summed E-state index contributed by atoms with van der Waals surface area (Å²) in [5.41, 5.74) is 7.31. The number of likely N-dealkylation sites (N-methyl/N-ethyl adjacent to an activating group) is 1. The zero-order chi connectivity index (χ0) is 14.5. The maximum Gasteiger partial charge on any atom is 0.242 e. The minimum absolute atomic E-state index is 0.0170. The molecular formula is C15H25N3O. The third-order valence-corrected chi connectivity index (χ3v) is 3.66. The molecule has 0 aliphatic rings. The van der Waals surface area contributed by atoms with Gasteiger partial charge in [-0.15, -0.1) is 0 Å². The molecule has 0 saturated heterocycles. The highest BCUT2D eigenvalue weighted by Crippen LogP contribution is 2.16. The van der Waals surface area contributed by atoms with Gasteiger partial charge in [-0.3, -0.25) is 9.78 Å². The summed E-state index contributed by atoms with van der Waals surface area (Å²) >= 11 is 0. The van der Waals surface area contributed by atoms with Gasteiger partial charge in [0, 0.05) is 12.2 Å². The Bertz CT molecular complexity index is 427. The zero-order valence-corrected chi connectivity index (χ0v) is 12.4. The van der Waals surface area contributed by atoms with E-state index in [1.165, 1.54) is 0 Å². The first kappa shape index (κ1) is 15.6. The lowest BCUT2D eigenvalue weighted by atomic mass is 9.92. The van der Waals surface area contributed by atoms with Crippen molar-refractivity contribution in [1.29, 1.82) is 0 Å². The maximum atomic E-state index is 12.5. The van der Waals surface area contributed by atoms with Crippen molar-refractivity contribution >= 4 is 5.91 Å². The summed E-state index contributed by atoms with van der Waals surface area (Å²) < 4.78 is 0. The molecule has 0 fully saturated rings. The molecule has 1 rings (SSSR count). The third-order valence-electron chi connectivity index (χ3n) is 3.66. The van der Waals surface area contributed by atoms with E-state index in [2.05, 4.69) is 4.98 Å². The normalized spacial score (nSPS) is 11.4. The van der Waals surface area contributed by atoms with Gasteiger partial charge in [-0.1, -0.05) is 19.9 Å². The van der Waals surface area contributed by atoms with Crippen LogP contribution in [0.25, 0.3) is 0 Å². The summed E-state index contributed by atoms with van der Waals surface area (Å²) in [5.74, 6) is 0.0170. The zero-order valence-electron chi connectivity index (χ0n) is 12.4. The highest BCUT2D eigenvalue weighted by Gasteiger charge is 2.33. The van der Waals surface area contributed by atoms with Crippen LogP contribution in [0, 0.1) is 6.92 Å². The van der Waals surface area contributed by atoms with Gasteiger partial charge in [-0.25, -0.2) is 0 Å². The summed E-state index contributed by atoms with van der Waals surface area (Å²) in [6.45, 7) is 9.01. The standard InChI is InChI=1S/C15H25N3O/c1-5-15(16,6-2)14(19)18(7-3)11-13-10-8-9-12(4)17-13/h8-10H,5-7,11,16H2,1-4H3. The average Bonchev–Trinajstić information content (AvgIpc) is 2.43. The highest BCUT2D eigenvalue weighted by molar-refractivity contribution is 5.86. The molecule has 0 unspecified atom stereocenters. The molecule has 0 radical (unpaired) electrons. The molecular weight excluding hydrogens is 238 g/mol. The average molecular weight is 263 g/mol. The van der Waals surface area contributed by atoms with Gasteiger partial charge in [0.15, 0.2) is 0 Å². The summed E-state index contributed by atoms with van der Waals surface area (Å²) in [6.07, 6.45) is 1.31. The molecule has 1 aromatic heterocycles. The smallest absolute Gasteiger partial charge is 0.242 e. The second-order valence-electron chi connectivity index (χ2n) is 4.95. The van der Waals surface area contributed by atoms with E-state index in [1.54, 1.807) is 4.90 Å². The Labute approximate surface area is 116 Å². The second-order valence-corrected chi connectivity index (χ2v) is 4.95. The lowest BCUT2D eigenvalue weighted by molar-refractivity contribution is -0.137. The topological polar surface area (TPSA) is 59.2 Å². The quantitative estimate of drug-likeness (QED) is 0.856. The van der Waals surface area contributed by atoms with Gasteiger partial charge in [0.1, 0.15) is 0 Å². The Kier molecular flexibility index (Phi) is 5.48. The summed E-state index contributed by atoms with van der Waals surface area (Å²) in [6, 6.07) is 5.86. The van der Waals surface area contributed by atoms with Crippen molar-refractivity contribution in [3.05, 3.63) is 29.6 Å². The van der Waals surface area contributed by atoms with Crippen LogP contribution in [0.3, 0.4) is 0 Å². The van der Waals surface area contributed by atoms with Crippen LogP contribution < -0.4 is 5.73 Å². The molecule has 0 saturated carbocycles. The number of hydrogen-bond donors (Lipinski definition) is 1. The number of carbonyl (C=O) groups excluding carboxylic acids is 1. The summed E-state index contributed by atoms with van der Waals surface area (Å²) in [7, 11) is 0. The number of aromatic nitrogens is 1. The lowest BCUT2D eigenvalue weighted by Gasteiger charge is -2.32. The summed E-state index contributed by atoms with van der Waals surface area (Å²) in [4.78, 5) is 18.7. The Hall–Kier alpha value is -1.42. The number of aryl methyl sites for hydroxylation is 1. The van der Waals surface area contributed by atoms with Crippen LogP contribution >= 0.6 is 0 Å². The minimum Gasteiger partial charge on any atom is -0.335 e. The van der Waals surface area contributed by atoms with Crippen LogP contribution in [0.15, 0.2) is 18.2 Å². The molecule has 2 N–H and O–H groups in total. The second kappa shape index (κ2) is 6.66. The molecule has 0 spiro atoms. The van der Waals surface area contributed by atoms with Crippen LogP contribution in [0.4, 0.5) is 0 Å². The highest BCUT2D eigenvalue weighted by atomic mass is 16.2. The van der Waals surface area contributed by atoms with Gasteiger partial charge in [0.05, 0.1) is 17.8 Å². The van der Waals surface area contributed by atoms with Crippen LogP contribution in [0.1, 0.15) is 45.0 Å². The van der Waals surface area contributed by atoms with E-state index in [9.17, 15) is 4.79 Å². The Morgan fingerprint density at radius 3 is 2.42 bits per heavy atom. The molecule has 1 heterocycles. The number of amides is 1. The summed E-state index contributed by atoms with van der Waals surface area (Å²) in [5, 5.41) is 0. The molecule has 106 valence electrons. The molecule has 4 heteroatoms. The van der Waals surface area contributed by atoms with Crippen molar-refractivity contribution in [2.24, 2.45) is 5.73 Å². The van der Waals surface area contributed by atoms with Crippen LogP contribution in [-0.2, 0) is 11.3 Å². The van der Waals surface area contributed by atoms with E-state index < -0.39 is 5.54 Å². The first-order valence-electron chi connectivity index (χ1n) is 6.97. The van der Waals surface area contributed by atoms with Crippen LogP contribution in [0.5, 0.6) is 0 Å². The van der Waals surface area contributed by atoms with E-state index in [0.29, 0.717) is 25.9 Å². The fourth-order valence-corrected chi connectivity index (χ4v) is 2.08. The molecule has 0 aliphatic carbocycles. The number of nitrogens with two attached hydrogens (primary N) is 1. The fourth-order valence-electron chi connectivity index (χ4n) is 2.08. The van der Waals surface area contributed by atoms with E-state index in [-0.39, 0.29) is 5.91 Å². The number of pyridine rings is 1. The Morgan fingerprint density at radius 2 is 1.95 bits per heavy atom. The molecule has 0 aliphatic heterocycles. The number of carbonyl (C=O) groups is 1. The SMILES string of the molecule is CCN(Cc1cccc(C)n1)C(=O)C(N)(CC)CC. The van der Waals surface area contributed by atoms with Crippen LogP contribution in [-0.4, -0.2) is 27.9 Å². The lowest BCUT2D eigenvalue weighted by Crippen LogP contribution is -2.54. The molecule has 1 amide bonds. The van der Waals surface area contributed by atoms with Crippen molar-refractivity contribution in [2.75, 3.05) is 6.54 Å². The van der Waals surface area contributed by atoms with Gasteiger partial charge in [-0.2, -0.15) is 0 Å². The van der Waals surface area contributed by atoms with Crippen LogP contribution in [0.2, 0.25) is 0 Å². The van der Waals surface area contributed by atoms with Gasteiger partial charge in [0.25, 0.3) is 0 Å². The number of nitrogens with zero attached hydrogens (tertiary/aromatic N) is 2. The minimum atomic E-state index is -0.750. The number of rotatable bonds is 6. The monoisotopic (exact) mass is 263 g/mol. The molecule has 0 bridgehead atoms. The molecule has 0 aromatic carbocycles. The van der Waals surface area contributed by atoms with E-state index in [1.807, 2.05) is 45.9 Å². The van der Waals surface area contributed by atoms with Crippen molar-refractivity contribution in [1.82, 2.24) is 9.88 Å². The Balaban J connectivity index is 2.87. The third kappa shape index (κ3) is 3.77. The van der Waals surface area contributed by atoms with Crippen molar-refractivity contribution in [2.45, 2.75) is 52.6 Å². The molecule has 4 nitrogen and oxygen atoms in total. The molecule has 1 aromatic rings. The first-order valence-corrected chi connectivity index (χ1v) is 6.97. The predicted octanol–water partition coefficient (Wildman–Crippen LogP) is 2.26. The molecule has 0 atom stereocenters. The largest absolute Gasteiger partial charge is 0.335 e. The van der Waals surface area contributed by atoms with Gasteiger partial charge in [0.2, 0.25) is 5.91 Å². The fraction of sp³-hybridized carbons (Fsp3) is 0.600. The van der Waals surface area contributed by atoms with Gasteiger partial charge < -0.3 is 10.6 Å². The first-order chi connectivity index (χ1) is 8.96. The van der Waals surface area contributed by atoms with E-state index in [0.717, 1.165) is 11.4 Å².